The average molecular weight is 204 g/mol. The highest BCUT2D eigenvalue weighted by Gasteiger charge is 2.00. The van der Waals surface area contributed by atoms with Gasteiger partial charge in [-0.3, -0.25) is 0 Å². The first kappa shape index (κ1) is 12.0. The molecule has 0 saturated heterocycles. The molecule has 0 aliphatic heterocycles. The van der Waals surface area contributed by atoms with Gasteiger partial charge in [-0.1, -0.05) is 25.1 Å². The normalized spacial score (nSPS) is 11.9. The lowest BCUT2D eigenvalue weighted by Gasteiger charge is -2.08. The number of benzene rings is 1. The van der Waals surface area contributed by atoms with Gasteiger partial charge >= 0.3 is 0 Å². The van der Waals surface area contributed by atoms with Gasteiger partial charge in [-0.2, -0.15) is 0 Å². The second-order valence-corrected chi connectivity index (χ2v) is 4.11. The number of hydrogen-bond acceptors (Lipinski definition) is 1. The molecular weight excluding hydrogens is 184 g/mol. The van der Waals surface area contributed by atoms with Crippen molar-refractivity contribution in [2.75, 3.05) is 6.61 Å². The maximum absolute atomic E-state index is 9.13. The van der Waals surface area contributed by atoms with Gasteiger partial charge in [0.2, 0.25) is 0 Å². The van der Waals surface area contributed by atoms with Crippen LogP contribution >= 0.6 is 0 Å². The second kappa shape index (κ2) is 5.13. The summed E-state index contributed by atoms with van der Waals surface area (Å²) < 4.78 is 0. The van der Waals surface area contributed by atoms with Crippen LogP contribution < -0.4 is 0 Å². The van der Waals surface area contributed by atoms with Crippen molar-refractivity contribution in [1.29, 1.82) is 0 Å². The largest absolute Gasteiger partial charge is 0.392 e. The van der Waals surface area contributed by atoms with Gasteiger partial charge in [0.1, 0.15) is 0 Å². The van der Waals surface area contributed by atoms with E-state index in [1.54, 1.807) is 0 Å². The molecule has 0 aliphatic rings. The van der Waals surface area contributed by atoms with Crippen molar-refractivity contribution in [2.24, 2.45) is 0 Å². The maximum Gasteiger partial charge on any atom is 0.0644 e. The predicted octanol–water partition coefficient (Wildman–Crippen LogP) is 3.40. The van der Waals surface area contributed by atoms with Gasteiger partial charge in [-0.25, -0.2) is 0 Å². The summed E-state index contributed by atoms with van der Waals surface area (Å²) in [5.41, 5.74) is 6.22. The minimum absolute atomic E-state index is 0.156. The Morgan fingerprint density at radius 3 is 2.27 bits per heavy atom. The van der Waals surface area contributed by atoms with Crippen LogP contribution in [0, 0.1) is 20.8 Å². The summed E-state index contributed by atoms with van der Waals surface area (Å²) in [7, 11) is 0. The number of hydrogen-bond donors (Lipinski definition) is 1. The summed E-state index contributed by atoms with van der Waals surface area (Å²) in [6, 6.07) is 4.39. The van der Waals surface area contributed by atoms with Crippen LogP contribution in [0.15, 0.2) is 17.7 Å². The van der Waals surface area contributed by atoms with Crippen molar-refractivity contribution in [2.45, 2.75) is 34.1 Å². The van der Waals surface area contributed by atoms with Gasteiger partial charge in [0.15, 0.2) is 0 Å². The molecule has 1 nitrogen and oxygen atoms in total. The van der Waals surface area contributed by atoms with Crippen molar-refractivity contribution in [3.8, 4) is 0 Å². The molecule has 1 heteroatoms. The molecule has 0 amide bonds. The molecule has 0 bridgehead atoms. The zero-order valence-electron chi connectivity index (χ0n) is 10.1. The highest BCUT2D eigenvalue weighted by molar-refractivity contribution is 5.58. The molecule has 0 fully saturated rings. The van der Waals surface area contributed by atoms with Gasteiger partial charge in [-0.15, -0.1) is 0 Å². The van der Waals surface area contributed by atoms with E-state index in [-0.39, 0.29) is 6.61 Å². The molecule has 1 aromatic carbocycles. The Kier molecular flexibility index (Phi) is 4.10. The summed E-state index contributed by atoms with van der Waals surface area (Å²) in [4.78, 5) is 0. The SMILES string of the molecule is CCC(=Cc1cc(C)c(C)cc1C)CO. The zero-order valence-corrected chi connectivity index (χ0v) is 10.1. The lowest BCUT2D eigenvalue weighted by Crippen LogP contribution is -1.92. The molecule has 15 heavy (non-hydrogen) atoms. The van der Waals surface area contributed by atoms with Crippen LogP contribution in [0.2, 0.25) is 0 Å². The summed E-state index contributed by atoms with van der Waals surface area (Å²) >= 11 is 0. The lowest BCUT2D eigenvalue weighted by molar-refractivity contribution is 0.329. The van der Waals surface area contributed by atoms with Crippen LogP contribution in [-0.4, -0.2) is 11.7 Å². The van der Waals surface area contributed by atoms with Gasteiger partial charge in [-0.05, 0) is 55.0 Å². The standard InChI is InChI=1S/C14H20O/c1-5-13(9-15)8-14-7-11(3)10(2)6-12(14)4/h6-8,15H,5,9H2,1-4H3. The van der Waals surface area contributed by atoms with Gasteiger partial charge < -0.3 is 5.11 Å². The van der Waals surface area contributed by atoms with Crippen LogP contribution in [0.3, 0.4) is 0 Å². The number of aliphatic hydroxyl groups excluding tert-OH is 1. The molecule has 0 radical (unpaired) electrons. The third-order valence-corrected chi connectivity index (χ3v) is 2.90. The average Bonchev–Trinajstić information content (AvgIpc) is 2.21. The molecule has 1 N–H and O–H groups in total. The fourth-order valence-electron chi connectivity index (χ4n) is 1.62. The van der Waals surface area contributed by atoms with E-state index in [0.717, 1.165) is 12.0 Å². The van der Waals surface area contributed by atoms with E-state index in [1.165, 1.54) is 22.3 Å². The minimum atomic E-state index is 0.156. The van der Waals surface area contributed by atoms with E-state index >= 15 is 0 Å². The molecule has 1 aromatic rings. The molecular formula is C14H20O. The number of aliphatic hydroxyl groups is 1. The predicted molar refractivity (Wildman–Crippen MR) is 66.0 cm³/mol. The quantitative estimate of drug-likeness (QED) is 0.800. The topological polar surface area (TPSA) is 20.2 Å². The molecule has 82 valence electrons. The van der Waals surface area contributed by atoms with E-state index in [1.807, 2.05) is 0 Å². The summed E-state index contributed by atoms with van der Waals surface area (Å²) in [6.45, 7) is 8.59. The monoisotopic (exact) mass is 204 g/mol. The summed E-state index contributed by atoms with van der Waals surface area (Å²) in [5, 5.41) is 9.13. The van der Waals surface area contributed by atoms with Crippen LogP contribution in [-0.2, 0) is 0 Å². The summed E-state index contributed by atoms with van der Waals surface area (Å²) in [6.07, 6.45) is 3.00. The fraction of sp³-hybridized carbons (Fsp3) is 0.429. The fourth-order valence-corrected chi connectivity index (χ4v) is 1.62. The van der Waals surface area contributed by atoms with Crippen LogP contribution in [0.4, 0.5) is 0 Å². The van der Waals surface area contributed by atoms with Crippen molar-refractivity contribution in [3.05, 3.63) is 40.0 Å². The highest BCUT2D eigenvalue weighted by atomic mass is 16.3. The van der Waals surface area contributed by atoms with Gasteiger partial charge in [0.05, 0.1) is 6.61 Å². The Hall–Kier alpha value is -1.08. The van der Waals surface area contributed by atoms with Crippen LogP contribution in [0.25, 0.3) is 6.08 Å². The van der Waals surface area contributed by atoms with Gasteiger partial charge in [0, 0.05) is 0 Å². The van der Waals surface area contributed by atoms with E-state index in [4.69, 9.17) is 5.11 Å². The second-order valence-electron chi connectivity index (χ2n) is 4.11. The van der Waals surface area contributed by atoms with E-state index in [0.29, 0.717) is 0 Å². The third kappa shape index (κ3) is 2.93. The Bertz CT molecular complexity index is 369. The molecule has 0 saturated carbocycles. The zero-order chi connectivity index (χ0) is 11.4. The Labute approximate surface area is 92.5 Å². The smallest absolute Gasteiger partial charge is 0.0644 e. The molecule has 0 spiro atoms. The lowest BCUT2D eigenvalue weighted by atomic mass is 9.99. The Morgan fingerprint density at radius 1 is 1.13 bits per heavy atom. The van der Waals surface area contributed by atoms with Crippen molar-refractivity contribution >= 4 is 6.08 Å². The first-order valence-electron chi connectivity index (χ1n) is 5.46. The molecule has 0 aromatic heterocycles. The van der Waals surface area contributed by atoms with Crippen molar-refractivity contribution in [3.63, 3.8) is 0 Å². The minimum Gasteiger partial charge on any atom is -0.392 e. The van der Waals surface area contributed by atoms with Gasteiger partial charge in [0.25, 0.3) is 0 Å². The van der Waals surface area contributed by atoms with Crippen LogP contribution in [0.1, 0.15) is 35.6 Å². The first-order chi connectivity index (χ1) is 7.08. The third-order valence-electron chi connectivity index (χ3n) is 2.90. The maximum atomic E-state index is 9.13. The first-order valence-corrected chi connectivity index (χ1v) is 5.46. The molecule has 0 atom stereocenters. The molecule has 1 rings (SSSR count). The van der Waals surface area contributed by atoms with E-state index < -0.39 is 0 Å². The van der Waals surface area contributed by atoms with Crippen LogP contribution in [0.5, 0.6) is 0 Å². The molecule has 0 heterocycles. The van der Waals surface area contributed by atoms with Crippen molar-refractivity contribution in [1.82, 2.24) is 0 Å². The highest BCUT2D eigenvalue weighted by Crippen LogP contribution is 2.18. The number of aryl methyl sites for hydroxylation is 3. The Balaban J connectivity index is 3.15. The van der Waals surface area contributed by atoms with E-state index in [9.17, 15) is 0 Å². The molecule has 0 unspecified atom stereocenters. The number of rotatable bonds is 3. The Morgan fingerprint density at radius 2 is 1.73 bits per heavy atom. The van der Waals surface area contributed by atoms with E-state index in [2.05, 4.69) is 45.9 Å². The molecule has 0 aliphatic carbocycles. The summed E-state index contributed by atoms with van der Waals surface area (Å²) in [5.74, 6) is 0. The van der Waals surface area contributed by atoms with Crippen molar-refractivity contribution < 1.29 is 5.11 Å².